The van der Waals surface area contributed by atoms with Gasteiger partial charge in [-0.15, -0.1) is 11.3 Å². The van der Waals surface area contributed by atoms with Gasteiger partial charge in [0.05, 0.1) is 14.9 Å². The van der Waals surface area contributed by atoms with Crippen molar-refractivity contribution in [3.8, 4) is 5.75 Å². The van der Waals surface area contributed by atoms with Gasteiger partial charge in [-0.25, -0.2) is 8.42 Å². The number of sulfonamides is 1. The van der Waals surface area contributed by atoms with Crippen LogP contribution in [-0.4, -0.2) is 15.0 Å². The van der Waals surface area contributed by atoms with Crippen molar-refractivity contribution >= 4 is 48.9 Å². The van der Waals surface area contributed by atoms with Crippen LogP contribution in [0.2, 0.25) is 5.02 Å². The first-order chi connectivity index (χ1) is 9.47. The van der Waals surface area contributed by atoms with Crippen LogP contribution in [0.5, 0.6) is 5.75 Å². The molecule has 2 aromatic rings. The molecular weight excluding hydrogens is 386 g/mol. The van der Waals surface area contributed by atoms with Crippen LogP contribution < -0.4 is 9.46 Å². The molecule has 1 N–H and O–H groups in total. The van der Waals surface area contributed by atoms with Crippen LogP contribution in [0.3, 0.4) is 0 Å². The Morgan fingerprint density at radius 1 is 1.40 bits per heavy atom. The molecule has 0 saturated heterocycles. The highest BCUT2D eigenvalue weighted by atomic mass is 79.9. The molecule has 1 aliphatic heterocycles. The average molecular weight is 395 g/mol. The molecule has 0 radical (unpaired) electrons. The first-order valence-electron chi connectivity index (χ1n) is 5.66. The van der Waals surface area contributed by atoms with Gasteiger partial charge in [-0.3, -0.25) is 0 Å². The Balaban J connectivity index is 1.88. The largest absolute Gasteiger partial charge is 0.491 e. The molecule has 0 fully saturated rings. The Labute approximate surface area is 133 Å². The maximum atomic E-state index is 12.3. The van der Waals surface area contributed by atoms with E-state index in [0.717, 1.165) is 16.9 Å². The zero-order valence-electron chi connectivity index (χ0n) is 9.97. The van der Waals surface area contributed by atoms with E-state index < -0.39 is 10.0 Å². The summed E-state index contributed by atoms with van der Waals surface area (Å²) in [5, 5.41) is 0.387. The Kier molecular flexibility index (Phi) is 3.81. The van der Waals surface area contributed by atoms with E-state index in [0.29, 0.717) is 21.2 Å². The Morgan fingerprint density at radius 3 is 2.85 bits per heavy atom. The molecule has 0 saturated carbocycles. The monoisotopic (exact) mass is 393 g/mol. The summed E-state index contributed by atoms with van der Waals surface area (Å²) in [6.07, 6.45) is 0. The molecule has 0 bridgehead atoms. The Hall–Kier alpha value is -0.600. The molecule has 3 rings (SSSR count). The van der Waals surface area contributed by atoms with Gasteiger partial charge in [-0.05, 0) is 28.1 Å². The van der Waals surface area contributed by atoms with Crippen LogP contribution in [0, 0.1) is 0 Å². The third-order valence-electron chi connectivity index (χ3n) is 2.88. The van der Waals surface area contributed by atoms with Crippen molar-refractivity contribution in [2.75, 3.05) is 6.61 Å². The standard InChI is InChI=1S/C12H9BrClNO3S2/c13-12-8(14)5-11(19-12)20(16,17)15-9-6-18-10-4-2-1-3-7(9)10/h1-5,9,15H,6H2. The Morgan fingerprint density at radius 2 is 2.15 bits per heavy atom. The van der Waals surface area contributed by atoms with Gasteiger partial charge in [0, 0.05) is 5.56 Å². The second-order valence-electron chi connectivity index (χ2n) is 4.21. The van der Waals surface area contributed by atoms with E-state index in [4.69, 9.17) is 16.3 Å². The van der Waals surface area contributed by atoms with Gasteiger partial charge in [0.15, 0.2) is 0 Å². The molecule has 1 unspecified atom stereocenters. The second kappa shape index (κ2) is 5.31. The lowest BCUT2D eigenvalue weighted by atomic mass is 10.1. The van der Waals surface area contributed by atoms with Crippen LogP contribution in [-0.2, 0) is 10.0 Å². The summed E-state index contributed by atoms with van der Waals surface area (Å²) in [7, 11) is -3.61. The average Bonchev–Trinajstić information content (AvgIpc) is 2.95. The highest BCUT2D eigenvalue weighted by Gasteiger charge is 2.29. The lowest BCUT2D eigenvalue weighted by molar-refractivity contribution is 0.325. The van der Waals surface area contributed by atoms with Gasteiger partial charge in [0.25, 0.3) is 10.0 Å². The number of nitrogens with one attached hydrogen (secondary N) is 1. The van der Waals surface area contributed by atoms with E-state index in [1.807, 2.05) is 24.3 Å². The zero-order valence-corrected chi connectivity index (χ0v) is 13.9. The number of hydrogen-bond donors (Lipinski definition) is 1. The fourth-order valence-corrected chi connectivity index (χ4v) is 5.58. The number of hydrogen-bond acceptors (Lipinski definition) is 4. The number of para-hydroxylation sites is 1. The lowest BCUT2D eigenvalue weighted by Crippen LogP contribution is -2.29. The summed E-state index contributed by atoms with van der Waals surface area (Å²) >= 11 is 10.2. The van der Waals surface area contributed by atoms with E-state index >= 15 is 0 Å². The quantitative estimate of drug-likeness (QED) is 0.866. The van der Waals surface area contributed by atoms with Gasteiger partial charge in [0.1, 0.15) is 16.6 Å². The fraction of sp³-hybridized carbons (Fsp3) is 0.167. The number of thiophene rings is 1. The molecular formula is C12H9BrClNO3S2. The smallest absolute Gasteiger partial charge is 0.250 e. The van der Waals surface area contributed by atoms with Crippen LogP contribution >= 0.6 is 38.9 Å². The van der Waals surface area contributed by atoms with E-state index in [1.54, 1.807) is 0 Å². The minimum atomic E-state index is -3.61. The van der Waals surface area contributed by atoms with E-state index in [-0.39, 0.29) is 10.3 Å². The lowest BCUT2D eigenvalue weighted by Gasteiger charge is -2.10. The van der Waals surface area contributed by atoms with E-state index in [2.05, 4.69) is 20.7 Å². The molecule has 1 aromatic heterocycles. The summed E-state index contributed by atoms with van der Waals surface area (Å²) in [6, 6.07) is 8.44. The second-order valence-corrected chi connectivity index (χ2v) is 8.93. The number of fused-ring (bicyclic) bond motifs is 1. The molecule has 0 spiro atoms. The Bertz CT molecular complexity index is 740. The topological polar surface area (TPSA) is 55.4 Å². The summed E-state index contributed by atoms with van der Waals surface area (Å²) < 4.78 is 33.5. The molecule has 1 aromatic carbocycles. The predicted octanol–water partition coefficient (Wildman–Crippen LogP) is 3.58. The highest BCUT2D eigenvalue weighted by molar-refractivity contribution is 9.11. The number of benzene rings is 1. The highest BCUT2D eigenvalue weighted by Crippen LogP contribution is 2.37. The molecule has 2 heterocycles. The third kappa shape index (κ3) is 2.60. The summed E-state index contributed by atoms with van der Waals surface area (Å²) in [6.45, 7) is 0.291. The van der Waals surface area contributed by atoms with Crippen LogP contribution in [0.1, 0.15) is 11.6 Å². The molecule has 20 heavy (non-hydrogen) atoms. The van der Waals surface area contributed by atoms with Crippen LogP contribution in [0.25, 0.3) is 0 Å². The third-order valence-corrected chi connectivity index (χ3v) is 7.30. The summed E-state index contributed by atoms with van der Waals surface area (Å²) in [4.78, 5) is 0. The number of rotatable bonds is 3. The molecule has 8 heteroatoms. The van der Waals surface area contributed by atoms with Crippen LogP contribution in [0.15, 0.2) is 38.3 Å². The van der Waals surface area contributed by atoms with Crippen molar-refractivity contribution in [3.63, 3.8) is 0 Å². The molecule has 4 nitrogen and oxygen atoms in total. The molecule has 1 atom stereocenters. The van der Waals surface area contributed by atoms with Gasteiger partial charge in [-0.2, -0.15) is 4.72 Å². The van der Waals surface area contributed by atoms with Crippen molar-refractivity contribution in [2.45, 2.75) is 10.3 Å². The van der Waals surface area contributed by atoms with Gasteiger partial charge >= 0.3 is 0 Å². The van der Waals surface area contributed by atoms with Crippen molar-refractivity contribution in [1.29, 1.82) is 0 Å². The maximum Gasteiger partial charge on any atom is 0.250 e. The minimum Gasteiger partial charge on any atom is -0.491 e. The van der Waals surface area contributed by atoms with E-state index in [1.165, 1.54) is 6.07 Å². The molecule has 0 amide bonds. The number of halogens is 2. The van der Waals surface area contributed by atoms with Gasteiger partial charge in [0.2, 0.25) is 0 Å². The van der Waals surface area contributed by atoms with Crippen LogP contribution in [0.4, 0.5) is 0 Å². The summed E-state index contributed by atoms with van der Waals surface area (Å²) in [5.74, 6) is 0.714. The summed E-state index contributed by atoms with van der Waals surface area (Å²) in [5.41, 5.74) is 0.845. The van der Waals surface area contributed by atoms with Gasteiger partial charge in [-0.1, -0.05) is 29.8 Å². The van der Waals surface area contributed by atoms with Gasteiger partial charge < -0.3 is 4.74 Å². The van der Waals surface area contributed by atoms with Crippen molar-refractivity contribution in [3.05, 3.63) is 44.7 Å². The van der Waals surface area contributed by atoms with E-state index in [9.17, 15) is 8.42 Å². The first-order valence-corrected chi connectivity index (χ1v) is 9.13. The minimum absolute atomic E-state index is 0.179. The molecule has 106 valence electrons. The SMILES string of the molecule is O=S(=O)(NC1COc2ccccc21)c1cc(Cl)c(Br)s1. The first kappa shape index (κ1) is 14.3. The molecule has 1 aliphatic rings. The van der Waals surface area contributed by atoms with Crippen molar-refractivity contribution in [1.82, 2.24) is 4.72 Å². The number of ether oxygens (including phenoxy) is 1. The fourth-order valence-electron chi connectivity index (χ4n) is 1.96. The zero-order chi connectivity index (χ0) is 14.3. The maximum absolute atomic E-state index is 12.3. The van der Waals surface area contributed by atoms with Crippen molar-refractivity contribution < 1.29 is 13.2 Å². The van der Waals surface area contributed by atoms with Crippen molar-refractivity contribution in [2.24, 2.45) is 0 Å². The normalized spacial score (nSPS) is 17.8. The predicted molar refractivity (Wildman–Crippen MR) is 82.0 cm³/mol. The molecule has 0 aliphatic carbocycles.